The van der Waals surface area contributed by atoms with Gasteiger partial charge in [0.05, 0.1) is 29.5 Å². The molecule has 0 spiro atoms. The number of nitro groups is 1. The van der Waals surface area contributed by atoms with E-state index in [1.165, 1.54) is 6.07 Å². The van der Waals surface area contributed by atoms with Gasteiger partial charge in [0, 0.05) is 24.2 Å². The van der Waals surface area contributed by atoms with Crippen LogP contribution in [-0.2, 0) is 6.54 Å². The fourth-order valence-corrected chi connectivity index (χ4v) is 3.63. The summed E-state index contributed by atoms with van der Waals surface area (Å²) in [6, 6.07) is 8.70. The molecule has 2 aromatic carbocycles. The number of fused-ring (bicyclic) bond motifs is 2. The number of hydrogen-bond acceptors (Lipinski definition) is 6. The summed E-state index contributed by atoms with van der Waals surface area (Å²) >= 11 is 0. The maximum atomic E-state index is 11.6. The molecule has 0 aliphatic carbocycles. The molecule has 1 aromatic heterocycles. The van der Waals surface area contributed by atoms with Crippen molar-refractivity contribution in [1.82, 2.24) is 14.7 Å². The summed E-state index contributed by atoms with van der Waals surface area (Å²) in [6.07, 6.45) is 0. The molecule has 3 aromatic rings. The molecule has 0 unspecified atom stereocenters. The minimum Gasteiger partial charge on any atom is -0.497 e. The highest BCUT2D eigenvalue weighted by Crippen LogP contribution is 2.50. The number of aromatic nitrogens is 2. The van der Waals surface area contributed by atoms with Crippen LogP contribution in [0, 0.1) is 10.1 Å². The molecular weight excluding hydrogens is 396 g/mol. The molecular formula is C20H23ClN4O4. The molecule has 0 amide bonds. The normalized spacial score (nSPS) is 11.7. The van der Waals surface area contributed by atoms with Gasteiger partial charge in [-0.25, -0.2) is 0 Å². The maximum absolute atomic E-state index is 11.6. The number of halogens is 1. The summed E-state index contributed by atoms with van der Waals surface area (Å²) in [5.41, 5.74) is 2.28. The van der Waals surface area contributed by atoms with E-state index in [2.05, 4.69) is 18.7 Å². The van der Waals surface area contributed by atoms with Crippen molar-refractivity contribution in [1.29, 1.82) is 0 Å². The van der Waals surface area contributed by atoms with Crippen LogP contribution in [0.15, 0.2) is 30.3 Å². The van der Waals surface area contributed by atoms with Gasteiger partial charge in [-0.3, -0.25) is 14.8 Å². The summed E-state index contributed by atoms with van der Waals surface area (Å²) in [6.45, 7) is 7.73. The lowest BCUT2D eigenvalue weighted by Gasteiger charge is -2.18. The van der Waals surface area contributed by atoms with Crippen molar-refractivity contribution in [2.75, 3.05) is 26.7 Å². The van der Waals surface area contributed by atoms with Gasteiger partial charge in [-0.05, 0) is 31.3 Å². The molecule has 0 radical (unpaired) electrons. The van der Waals surface area contributed by atoms with Crippen LogP contribution in [0.25, 0.3) is 22.2 Å². The van der Waals surface area contributed by atoms with Crippen LogP contribution < -0.4 is 9.47 Å². The van der Waals surface area contributed by atoms with Crippen molar-refractivity contribution >= 4 is 29.0 Å². The molecule has 0 saturated heterocycles. The average Bonchev–Trinajstić information content (AvgIpc) is 3.08. The van der Waals surface area contributed by atoms with Crippen LogP contribution in [0.1, 0.15) is 13.8 Å². The van der Waals surface area contributed by atoms with Crippen LogP contribution in [-0.4, -0.2) is 46.3 Å². The minimum absolute atomic E-state index is 0. The van der Waals surface area contributed by atoms with Gasteiger partial charge >= 0.3 is 5.69 Å². The van der Waals surface area contributed by atoms with Gasteiger partial charge in [-0.2, -0.15) is 5.10 Å². The number of hydrogen-bond donors (Lipinski definition) is 0. The van der Waals surface area contributed by atoms with Gasteiger partial charge in [-0.1, -0.05) is 13.8 Å². The largest absolute Gasteiger partial charge is 0.497 e. The quantitative estimate of drug-likeness (QED) is 0.325. The number of nitrogens with zero attached hydrogens (tertiary/aromatic N) is 4. The third-order valence-corrected chi connectivity index (χ3v) is 5.23. The molecule has 8 nitrogen and oxygen atoms in total. The molecule has 4 rings (SSSR count). The molecule has 154 valence electrons. The van der Waals surface area contributed by atoms with Gasteiger partial charge in [0.15, 0.2) is 0 Å². The van der Waals surface area contributed by atoms with E-state index in [0.29, 0.717) is 29.1 Å². The standard InChI is InChI=1S/C20H22N4O4.ClH/c1-4-22(5-2)10-11-23-15-8-9-16(24(25)26)20-18(15)19(21-23)14-7-6-13(27-3)12-17(14)28-20;/h6-9,12H,4-5,10-11H2,1-3H3;1H. The van der Waals surface area contributed by atoms with E-state index >= 15 is 0 Å². The molecule has 0 N–H and O–H groups in total. The lowest BCUT2D eigenvalue weighted by Crippen LogP contribution is -2.27. The van der Waals surface area contributed by atoms with Crippen LogP contribution in [0.3, 0.4) is 0 Å². The van der Waals surface area contributed by atoms with E-state index in [4.69, 9.17) is 14.6 Å². The molecule has 0 bridgehead atoms. The fourth-order valence-electron chi connectivity index (χ4n) is 3.63. The van der Waals surface area contributed by atoms with Crippen LogP contribution in [0.2, 0.25) is 0 Å². The molecule has 2 heterocycles. The Bertz CT molecular complexity index is 1060. The molecule has 9 heteroatoms. The molecule has 29 heavy (non-hydrogen) atoms. The summed E-state index contributed by atoms with van der Waals surface area (Å²) in [5.74, 6) is 1.38. The van der Waals surface area contributed by atoms with Crippen molar-refractivity contribution in [2.24, 2.45) is 0 Å². The Labute approximate surface area is 174 Å². The second-order valence-electron chi connectivity index (χ2n) is 6.63. The van der Waals surface area contributed by atoms with Gasteiger partial charge in [-0.15, -0.1) is 12.4 Å². The lowest BCUT2D eigenvalue weighted by molar-refractivity contribution is -0.385. The average molecular weight is 419 g/mol. The first-order valence-corrected chi connectivity index (χ1v) is 9.33. The topological polar surface area (TPSA) is 82.7 Å². The van der Waals surface area contributed by atoms with Crippen LogP contribution >= 0.6 is 12.4 Å². The summed E-state index contributed by atoms with van der Waals surface area (Å²) in [7, 11) is 1.57. The highest BCUT2D eigenvalue weighted by molar-refractivity contribution is 6.03. The SMILES string of the molecule is CCN(CC)CCn1nc2c3c(c([N+](=O)[O-])ccc31)Oc1cc(OC)ccc1-2.Cl. The number of ether oxygens (including phenoxy) is 2. The van der Waals surface area contributed by atoms with Crippen molar-refractivity contribution in [2.45, 2.75) is 20.4 Å². The number of likely N-dealkylation sites (N-methyl/N-ethyl adjacent to an activating group) is 1. The van der Waals surface area contributed by atoms with Crippen LogP contribution in [0.4, 0.5) is 5.69 Å². The summed E-state index contributed by atoms with van der Waals surface area (Å²) in [5, 5.41) is 17.1. The van der Waals surface area contributed by atoms with Crippen molar-refractivity contribution in [3.63, 3.8) is 0 Å². The third-order valence-electron chi connectivity index (χ3n) is 5.23. The second kappa shape index (κ2) is 8.26. The molecule has 0 fully saturated rings. The first-order valence-electron chi connectivity index (χ1n) is 9.33. The van der Waals surface area contributed by atoms with E-state index in [1.807, 2.05) is 16.8 Å². The number of rotatable bonds is 7. The monoisotopic (exact) mass is 418 g/mol. The Morgan fingerprint density at radius 2 is 2.00 bits per heavy atom. The Morgan fingerprint density at radius 3 is 2.66 bits per heavy atom. The predicted octanol–water partition coefficient (Wildman–Crippen LogP) is 4.49. The summed E-state index contributed by atoms with van der Waals surface area (Å²) in [4.78, 5) is 13.5. The van der Waals surface area contributed by atoms with Gasteiger partial charge in [0.25, 0.3) is 0 Å². The third kappa shape index (κ3) is 3.49. The Hall–Kier alpha value is -2.84. The number of benzene rings is 2. The van der Waals surface area contributed by atoms with E-state index < -0.39 is 4.92 Å². The Morgan fingerprint density at radius 1 is 1.24 bits per heavy atom. The molecule has 0 saturated carbocycles. The van der Waals surface area contributed by atoms with Crippen LogP contribution in [0.5, 0.6) is 17.2 Å². The fraction of sp³-hybridized carbons (Fsp3) is 0.350. The van der Waals surface area contributed by atoms with E-state index in [-0.39, 0.29) is 23.8 Å². The second-order valence-corrected chi connectivity index (χ2v) is 6.63. The zero-order valence-corrected chi connectivity index (χ0v) is 17.4. The Kier molecular flexibility index (Phi) is 5.95. The first kappa shape index (κ1) is 20.9. The summed E-state index contributed by atoms with van der Waals surface area (Å²) < 4.78 is 13.2. The zero-order chi connectivity index (χ0) is 19.8. The zero-order valence-electron chi connectivity index (χ0n) is 16.5. The highest BCUT2D eigenvalue weighted by Gasteiger charge is 2.31. The predicted molar refractivity (Wildman–Crippen MR) is 113 cm³/mol. The number of methoxy groups -OCH3 is 1. The van der Waals surface area contributed by atoms with Gasteiger partial charge in [0.2, 0.25) is 5.75 Å². The van der Waals surface area contributed by atoms with Gasteiger partial charge < -0.3 is 14.4 Å². The highest BCUT2D eigenvalue weighted by atomic mass is 35.5. The molecule has 1 aliphatic heterocycles. The maximum Gasteiger partial charge on any atom is 0.312 e. The molecule has 0 atom stereocenters. The van der Waals surface area contributed by atoms with Crippen molar-refractivity contribution in [3.8, 4) is 28.5 Å². The lowest BCUT2D eigenvalue weighted by atomic mass is 10.0. The van der Waals surface area contributed by atoms with Crippen molar-refractivity contribution in [3.05, 3.63) is 40.4 Å². The van der Waals surface area contributed by atoms with Gasteiger partial charge in [0.1, 0.15) is 17.2 Å². The molecule has 1 aliphatic rings. The van der Waals surface area contributed by atoms with Crippen molar-refractivity contribution < 1.29 is 14.4 Å². The van der Waals surface area contributed by atoms with E-state index in [9.17, 15) is 10.1 Å². The first-order chi connectivity index (χ1) is 13.6. The number of nitro benzene ring substituents is 1. The van der Waals surface area contributed by atoms with E-state index in [0.717, 1.165) is 30.7 Å². The minimum atomic E-state index is -0.420. The Balaban J connectivity index is 0.00000240. The smallest absolute Gasteiger partial charge is 0.312 e. The van der Waals surface area contributed by atoms with E-state index in [1.54, 1.807) is 19.2 Å².